The van der Waals surface area contributed by atoms with Crippen LogP contribution in [0.5, 0.6) is 6.01 Å². The number of rotatable bonds is 6. The van der Waals surface area contributed by atoms with E-state index in [0.29, 0.717) is 25.0 Å². The third kappa shape index (κ3) is 2.98. The lowest BCUT2D eigenvalue weighted by Gasteiger charge is -2.36. The molecule has 0 spiro atoms. The van der Waals surface area contributed by atoms with Gasteiger partial charge in [0, 0.05) is 13.6 Å². The molecule has 2 rings (SSSR count). The van der Waals surface area contributed by atoms with E-state index in [1.807, 2.05) is 6.92 Å². The summed E-state index contributed by atoms with van der Waals surface area (Å²) in [7, 11) is 1.73. The first kappa shape index (κ1) is 12.8. The first-order valence-electron chi connectivity index (χ1n) is 6.18. The van der Waals surface area contributed by atoms with Gasteiger partial charge in [-0.15, -0.1) is 0 Å². The van der Waals surface area contributed by atoms with Gasteiger partial charge in [0.2, 0.25) is 11.9 Å². The molecule has 100 valence electrons. The highest BCUT2D eigenvalue weighted by atomic mass is 16.5. The Labute approximate surface area is 106 Å². The first-order valence-corrected chi connectivity index (χ1v) is 6.18. The molecule has 0 bridgehead atoms. The fraction of sp³-hybridized carbons (Fsp3) is 0.727. The molecule has 0 saturated heterocycles. The van der Waals surface area contributed by atoms with Crippen LogP contribution in [0.3, 0.4) is 0 Å². The van der Waals surface area contributed by atoms with E-state index in [-0.39, 0.29) is 6.01 Å². The number of aromatic nitrogens is 3. The van der Waals surface area contributed by atoms with Crippen molar-refractivity contribution in [3.63, 3.8) is 0 Å². The average molecular weight is 253 g/mol. The van der Waals surface area contributed by atoms with Crippen molar-refractivity contribution in [2.45, 2.75) is 31.8 Å². The van der Waals surface area contributed by atoms with Crippen LogP contribution < -0.4 is 15.4 Å². The van der Waals surface area contributed by atoms with Gasteiger partial charge in [-0.1, -0.05) is 0 Å². The number of aliphatic hydroxyl groups is 1. The van der Waals surface area contributed by atoms with E-state index in [1.165, 1.54) is 0 Å². The molecule has 1 aromatic rings. The van der Waals surface area contributed by atoms with Crippen LogP contribution >= 0.6 is 0 Å². The number of hydrogen-bond donors (Lipinski definition) is 3. The number of anilines is 2. The van der Waals surface area contributed by atoms with Gasteiger partial charge in [0.1, 0.15) is 0 Å². The predicted molar refractivity (Wildman–Crippen MR) is 67.8 cm³/mol. The van der Waals surface area contributed by atoms with Crippen LogP contribution in [-0.2, 0) is 0 Å². The van der Waals surface area contributed by atoms with Gasteiger partial charge in [0.05, 0.1) is 12.2 Å². The highest BCUT2D eigenvalue weighted by molar-refractivity contribution is 5.35. The first-order chi connectivity index (χ1) is 8.65. The number of nitrogens with one attached hydrogen (secondary N) is 2. The molecule has 1 aliphatic rings. The van der Waals surface area contributed by atoms with E-state index in [0.717, 1.165) is 19.3 Å². The van der Waals surface area contributed by atoms with Crippen LogP contribution in [-0.4, -0.2) is 45.9 Å². The van der Waals surface area contributed by atoms with Crippen molar-refractivity contribution in [3.8, 4) is 6.01 Å². The minimum Gasteiger partial charge on any atom is -0.464 e. The van der Waals surface area contributed by atoms with Gasteiger partial charge in [-0.3, -0.25) is 0 Å². The molecule has 3 N–H and O–H groups in total. The summed E-state index contributed by atoms with van der Waals surface area (Å²) in [5, 5.41) is 15.9. The highest BCUT2D eigenvalue weighted by Crippen LogP contribution is 2.31. The fourth-order valence-electron chi connectivity index (χ4n) is 1.75. The summed E-state index contributed by atoms with van der Waals surface area (Å²) < 4.78 is 5.26. The van der Waals surface area contributed by atoms with Crippen molar-refractivity contribution in [2.75, 3.05) is 30.8 Å². The van der Waals surface area contributed by atoms with E-state index >= 15 is 0 Å². The van der Waals surface area contributed by atoms with Crippen LogP contribution in [0.4, 0.5) is 11.9 Å². The second kappa shape index (κ2) is 5.34. The van der Waals surface area contributed by atoms with Gasteiger partial charge >= 0.3 is 6.01 Å². The molecule has 1 fully saturated rings. The fourth-order valence-corrected chi connectivity index (χ4v) is 1.75. The summed E-state index contributed by atoms with van der Waals surface area (Å²) in [4.78, 5) is 12.3. The molecule has 1 saturated carbocycles. The summed E-state index contributed by atoms with van der Waals surface area (Å²) in [6.07, 6.45) is 2.71. The van der Waals surface area contributed by atoms with Gasteiger partial charge in [-0.05, 0) is 26.2 Å². The van der Waals surface area contributed by atoms with Crippen molar-refractivity contribution >= 4 is 11.9 Å². The summed E-state index contributed by atoms with van der Waals surface area (Å²) in [6, 6.07) is 0.278. The largest absolute Gasteiger partial charge is 0.464 e. The number of nitrogens with zero attached hydrogens (tertiary/aromatic N) is 3. The van der Waals surface area contributed by atoms with E-state index in [4.69, 9.17) is 4.74 Å². The molecule has 0 aliphatic heterocycles. The zero-order valence-corrected chi connectivity index (χ0v) is 10.7. The monoisotopic (exact) mass is 253 g/mol. The second-order valence-corrected chi connectivity index (χ2v) is 4.38. The molecular weight excluding hydrogens is 234 g/mol. The lowest BCUT2D eigenvalue weighted by molar-refractivity contribution is -0.0203. The van der Waals surface area contributed by atoms with Gasteiger partial charge in [-0.25, -0.2) is 0 Å². The zero-order valence-electron chi connectivity index (χ0n) is 10.7. The molecule has 7 heteroatoms. The van der Waals surface area contributed by atoms with Crippen molar-refractivity contribution in [3.05, 3.63) is 0 Å². The second-order valence-electron chi connectivity index (χ2n) is 4.38. The van der Waals surface area contributed by atoms with Crippen molar-refractivity contribution in [1.82, 2.24) is 15.0 Å². The van der Waals surface area contributed by atoms with E-state index in [1.54, 1.807) is 7.05 Å². The summed E-state index contributed by atoms with van der Waals surface area (Å²) in [5.74, 6) is 0.856. The molecule has 0 aromatic carbocycles. The topological polar surface area (TPSA) is 92.2 Å². The summed E-state index contributed by atoms with van der Waals surface area (Å²) in [5.41, 5.74) is -0.613. The molecule has 1 aliphatic carbocycles. The molecule has 0 radical (unpaired) electrons. The van der Waals surface area contributed by atoms with Crippen molar-refractivity contribution in [1.29, 1.82) is 0 Å². The van der Waals surface area contributed by atoms with E-state index in [9.17, 15) is 5.11 Å². The van der Waals surface area contributed by atoms with Gasteiger partial charge in [-0.2, -0.15) is 15.0 Å². The Hall–Kier alpha value is -1.63. The third-order valence-electron chi connectivity index (χ3n) is 2.97. The molecule has 1 heterocycles. The standard InChI is InChI=1S/C11H19N5O2/c1-3-18-10-15-8(12-2)14-9(16-10)13-7-11(17)5-4-6-11/h17H,3-7H2,1-2H3,(H2,12,13,14,15,16). The van der Waals surface area contributed by atoms with Crippen LogP contribution in [0, 0.1) is 0 Å². The average Bonchev–Trinajstić information content (AvgIpc) is 2.34. The Morgan fingerprint density at radius 3 is 2.56 bits per heavy atom. The Kier molecular flexibility index (Phi) is 3.81. The maximum atomic E-state index is 9.99. The maximum Gasteiger partial charge on any atom is 0.323 e. The Bertz CT molecular complexity index is 408. The minimum atomic E-state index is -0.613. The molecule has 18 heavy (non-hydrogen) atoms. The van der Waals surface area contributed by atoms with Gasteiger partial charge in [0.25, 0.3) is 0 Å². The molecule has 1 aromatic heterocycles. The molecule has 0 amide bonds. The predicted octanol–water partition coefficient (Wildman–Crippen LogP) is 0.639. The van der Waals surface area contributed by atoms with E-state index in [2.05, 4.69) is 25.6 Å². The SMILES string of the molecule is CCOc1nc(NC)nc(NCC2(O)CCC2)n1. The van der Waals surface area contributed by atoms with Crippen LogP contribution in [0.15, 0.2) is 0 Å². The molecule has 7 nitrogen and oxygen atoms in total. The Morgan fingerprint density at radius 2 is 2.00 bits per heavy atom. The molecule has 0 unspecified atom stereocenters. The lowest BCUT2D eigenvalue weighted by Crippen LogP contribution is -2.43. The van der Waals surface area contributed by atoms with Crippen LogP contribution in [0.2, 0.25) is 0 Å². The van der Waals surface area contributed by atoms with Gasteiger partial charge < -0.3 is 20.5 Å². The maximum absolute atomic E-state index is 9.99. The molecular formula is C11H19N5O2. The third-order valence-corrected chi connectivity index (χ3v) is 2.97. The van der Waals surface area contributed by atoms with E-state index < -0.39 is 5.60 Å². The minimum absolute atomic E-state index is 0.278. The quantitative estimate of drug-likeness (QED) is 0.685. The highest BCUT2D eigenvalue weighted by Gasteiger charge is 2.34. The number of hydrogen-bond acceptors (Lipinski definition) is 7. The van der Waals surface area contributed by atoms with Crippen LogP contribution in [0.25, 0.3) is 0 Å². The Balaban J connectivity index is 2.03. The van der Waals surface area contributed by atoms with Crippen molar-refractivity contribution < 1.29 is 9.84 Å². The number of ether oxygens (including phenoxy) is 1. The zero-order chi connectivity index (χ0) is 13.0. The van der Waals surface area contributed by atoms with Crippen LogP contribution in [0.1, 0.15) is 26.2 Å². The summed E-state index contributed by atoms with van der Waals surface area (Å²) >= 11 is 0. The smallest absolute Gasteiger partial charge is 0.323 e. The lowest BCUT2D eigenvalue weighted by atomic mass is 9.80. The van der Waals surface area contributed by atoms with Crippen molar-refractivity contribution in [2.24, 2.45) is 0 Å². The van der Waals surface area contributed by atoms with Gasteiger partial charge in [0.15, 0.2) is 0 Å². The molecule has 0 atom stereocenters. The summed E-state index contributed by atoms with van der Waals surface area (Å²) in [6.45, 7) is 2.81. The normalized spacial score (nSPS) is 16.8. The Morgan fingerprint density at radius 1 is 1.28 bits per heavy atom.